The summed E-state index contributed by atoms with van der Waals surface area (Å²) in [6.45, 7) is 8.18. The molecule has 0 unspecified atom stereocenters. The Labute approximate surface area is 69.6 Å². The largest absolute Gasteiger partial charge is 0.366 e. The number of hydrogen-bond donors (Lipinski definition) is 0. The molecule has 0 N–H and O–H groups in total. The van der Waals surface area contributed by atoms with Crippen LogP contribution in [-0.2, 0) is 0 Å². The molecule has 0 aliphatic rings. The molecule has 0 aromatic rings. The average molecular weight is 154 g/mol. The van der Waals surface area contributed by atoms with Crippen molar-refractivity contribution in [2.75, 3.05) is 14.1 Å². The third-order valence-electron chi connectivity index (χ3n) is 1.70. The van der Waals surface area contributed by atoms with E-state index < -0.39 is 0 Å². The monoisotopic (exact) mass is 154 g/mol. The molecule has 0 amide bonds. The molecule has 0 aliphatic heterocycles. The molecule has 0 radical (unpaired) electrons. The summed E-state index contributed by atoms with van der Waals surface area (Å²) in [5, 5.41) is 0. The van der Waals surface area contributed by atoms with Crippen LogP contribution in [0.5, 0.6) is 0 Å². The second-order valence-electron chi connectivity index (χ2n) is 3.14. The van der Waals surface area contributed by atoms with E-state index in [1.165, 1.54) is 5.57 Å². The van der Waals surface area contributed by atoms with Crippen molar-refractivity contribution in [3.05, 3.63) is 11.3 Å². The molecule has 2 heteroatoms. The standard InChI is InChI=1S/C9H18N2/c1-7(2)8(3)10-9(4)11(5)6/h1-6H3/b10-9+. The van der Waals surface area contributed by atoms with Gasteiger partial charge < -0.3 is 4.90 Å². The molecule has 2 nitrogen and oxygen atoms in total. The highest BCUT2D eigenvalue weighted by atomic mass is 15.1. The van der Waals surface area contributed by atoms with Crippen molar-refractivity contribution >= 4 is 5.84 Å². The molecule has 0 fully saturated rings. The van der Waals surface area contributed by atoms with Crippen molar-refractivity contribution in [3.63, 3.8) is 0 Å². The van der Waals surface area contributed by atoms with Crippen LogP contribution in [-0.4, -0.2) is 24.8 Å². The van der Waals surface area contributed by atoms with Crippen LogP contribution in [0.3, 0.4) is 0 Å². The van der Waals surface area contributed by atoms with Crippen LogP contribution >= 0.6 is 0 Å². The third-order valence-corrected chi connectivity index (χ3v) is 1.70. The zero-order valence-corrected chi connectivity index (χ0v) is 8.39. The van der Waals surface area contributed by atoms with Gasteiger partial charge in [-0.2, -0.15) is 0 Å². The summed E-state index contributed by atoms with van der Waals surface area (Å²) in [7, 11) is 3.99. The lowest BCUT2D eigenvalue weighted by Gasteiger charge is -2.11. The molecule has 0 heterocycles. The van der Waals surface area contributed by atoms with Gasteiger partial charge in [0.2, 0.25) is 0 Å². The van der Waals surface area contributed by atoms with E-state index in [4.69, 9.17) is 0 Å². The first-order chi connectivity index (χ1) is 4.95. The lowest BCUT2D eigenvalue weighted by Crippen LogP contribution is -2.18. The van der Waals surface area contributed by atoms with Crippen LogP contribution in [0.15, 0.2) is 16.3 Å². The summed E-state index contributed by atoms with van der Waals surface area (Å²) in [5.41, 5.74) is 2.38. The third kappa shape index (κ3) is 3.81. The highest BCUT2D eigenvalue weighted by Gasteiger charge is 1.93. The Kier molecular flexibility index (Phi) is 3.86. The van der Waals surface area contributed by atoms with E-state index in [2.05, 4.69) is 18.8 Å². The maximum Gasteiger partial charge on any atom is 0.101 e. The fourth-order valence-corrected chi connectivity index (χ4v) is 0.455. The van der Waals surface area contributed by atoms with Gasteiger partial charge >= 0.3 is 0 Å². The van der Waals surface area contributed by atoms with E-state index in [-0.39, 0.29) is 0 Å². The van der Waals surface area contributed by atoms with Crippen molar-refractivity contribution in [1.82, 2.24) is 4.90 Å². The van der Waals surface area contributed by atoms with Crippen molar-refractivity contribution in [2.45, 2.75) is 27.7 Å². The van der Waals surface area contributed by atoms with E-state index in [9.17, 15) is 0 Å². The molecule has 0 saturated heterocycles. The molecule has 0 spiro atoms. The zero-order valence-electron chi connectivity index (χ0n) is 8.39. The highest BCUT2D eigenvalue weighted by molar-refractivity contribution is 5.80. The smallest absolute Gasteiger partial charge is 0.101 e. The van der Waals surface area contributed by atoms with Gasteiger partial charge in [0.15, 0.2) is 0 Å². The highest BCUT2D eigenvalue weighted by Crippen LogP contribution is 2.03. The maximum atomic E-state index is 4.40. The number of aliphatic imine (C=N–C) groups is 1. The predicted octanol–water partition coefficient (Wildman–Crippen LogP) is 2.28. The quantitative estimate of drug-likeness (QED) is 0.418. The van der Waals surface area contributed by atoms with E-state index >= 15 is 0 Å². The SMILES string of the molecule is CC(C)=C(C)/N=C(\C)N(C)C. The Hall–Kier alpha value is -0.790. The predicted molar refractivity (Wildman–Crippen MR) is 50.8 cm³/mol. The summed E-state index contributed by atoms with van der Waals surface area (Å²) in [6, 6.07) is 0. The van der Waals surface area contributed by atoms with Gasteiger partial charge in [0.25, 0.3) is 0 Å². The van der Waals surface area contributed by atoms with Gasteiger partial charge in [-0.15, -0.1) is 0 Å². The van der Waals surface area contributed by atoms with Crippen LogP contribution in [0.25, 0.3) is 0 Å². The van der Waals surface area contributed by atoms with Crippen LogP contribution in [0.4, 0.5) is 0 Å². The van der Waals surface area contributed by atoms with E-state index in [1.54, 1.807) is 0 Å². The van der Waals surface area contributed by atoms with Crippen molar-refractivity contribution in [3.8, 4) is 0 Å². The van der Waals surface area contributed by atoms with Gasteiger partial charge in [-0.25, -0.2) is 4.99 Å². The molecule has 0 atom stereocenters. The average Bonchev–Trinajstić information content (AvgIpc) is 1.87. The van der Waals surface area contributed by atoms with Gasteiger partial charge in [-0.1, -0.05) is 5.57 Å². The number of nitrogens with zero attached hydrogens (tertiary/aromatic N) is 2. The van der Waals surface area contributed by atoms with Crippen LogP contribution in [0.2, 0.25) is 0 Å². The van der Waals surface area contributed by atoms with E-state index in [0.717, 1.165) is 11.5 Å². The number of allylic oxidation sites excluding steroid dienone is 2. The Morgan fingerprint density at radius 2 is 1.45 bits per heavy atom. The molecule has 0 aromatic heterocycles. The molecule has 0 rings (SSSR count). The topological polar surface area (TPSA) is 15.6 Å². The summed E-state index contributed by atoms with van der Waals surface area (Å²) < 4.78 is 0. The second kappa shape index (κ2) is 4.16. The van der Waals surface area contributed by atoms with Crippen molar-refractivity contribution in [1.29, 1.82) is 0 Å². The van der Waals surface area contributed by atoms with Gasteiger partial charge in [0, 0.05) is 19.8 Å². The van der Waals surface area contributed by atoms with Crippen LogP contribution < -0.4 is 0 Å². The van der Waals surface area contributed by atoms with E-state index in [1.807, 2.05) is 32.8 Å². The fraction of sp³-hybridized carbons (Fsp3) is 0.667. The van der Waals surface area contributed by atoms with Gasteiger partial charge in [0.05, 0.1) is 0 Å². The molecule has 0 aliphatic carbocycles. The zero-order chi connectivity index (χ0) is 9.02. The van der Waals surface area contributed by atoms with Gasteiger partial charge in [-0.3, -0.25) is 0 Å². The van der Waals surface area contributed by atoms with Crippen molar-refractivity contribution in [2.24, 2.45) is 4.99 Å². The lowest BCUT2D eigenvalue weighted by atomic mass is 10.3. The Morgan fingerprint density at radius 3 is 1.73 bits per heavy atom. The minimum atomic E-state index is 1.05. The van der Waals surface area contributed by atoms with Crippen molar-refractivity contribution < 1.29 is 0 Å². The number of rotatable bonds is 1. The van der Waals surface area contributed by atoms with Gasteiger partial charge in [0.1, 0.15) is 5.84 Å². The van der Waals surface area contributed by atoms with Crippen LogP contribution in [0.1, 0.15) is 27.7 Å². The van der Waals surface area contributed by atoms with E-state index in [0.29, 0.717) is 0 Å². The molecule has 0 saturated carbocycles. The van der Waals surface area contributed by atoms with Gasteiger partial charge in [-0.05, 0) is 27.7 Å². The summed E-state index contributed by atoms with van der Waals surface area (Å²) in [4.78, 5) is 6.40. The summed E-state index contributed by atoms with van der Waals surface area (Å²) >= 11 is 0. The maximum absolute atomic E-state index is 4.40. The normalized spacial score (nSPS) is 11.3. The van der Waals surface area contributed by atoms with Crippen LogP contribution in [0, 0.1) is 0 Å². The minimum absolute atomic E-state index is 1.05. The second-order valence-corrected chi connectivity index (χ2v) is 3.14. The fourth-order valence-electron chi connectivity index (χ4n) is 0.455. The number of amidine groups is 1. The number of hydrogen-bond acceptors (Lipinski definition) is 1. The molecule has 0 aromatic carbocycles. The summed E-state index contributed by atoms with van der Waals surface area (Å²) in [6.07, 6.45) is 0. The lowest BCUT2D eigenvalue weighted by molar-refractivity contribution is 0.617. The molecule has 11 heavy (non-hydrogen) atoms. The summed E-state index contributed by atoms with van der Waals surface area (Å²) in [5.74, 6) is 1.05. The Morgan fingerprint density at radius 1 is 1.00 bits per heavy atom. The molecular weight excluding hydrogens is 136 g/mol. The Balaban J connectivity index is 4.44. The Bertz CT molecular complexity index is 184. The first-order valence-electron chi connectivity index (χ1n) is 3.82. The molecule has 64 valence electrons. The minimum Gasteiger partial charge on any atom is -0.366 e. The first-order valence-corrected chi connectivity index (χ1v) is 3.82. The first kappa shape index (κ1) is 10.2. The molecule has 0 bridgehead atoms. The molecular formula is C9H18N2.